The molecule has 1 unspecified atom stereocenters. The summed E-state index contributed by atoms with van der Waals surface area (Å²) in [5.41, 5.74) is 0.239. The van der Waals surface area contributed by atoms with Gasteiger partial charge in [0.05, 0.1) is 6.08 Å². The first-order valence-corrected chi connectivity index (χ1v) is 7.20. The molecule has 1 N–H and O–H groups in total. The van der Waals surface area contributed by atoms with Gasteiger partial charge in [-0.25, -0.2) is 4.79 Å². The van der Waals surface area contributed by atoms with E-state index in [9.17, 15) is 9.90 Å². The second-order valence-electron chi connectivity index (χ2n) is 5.88. The minimum atomic E-state index is -0.716. The number of hydrogen-bond donors (Lipinski definition) is 1. The first-order chi connectivity index (χ1) is 9.52. The quantitative estimate of drug-likeness (QED) is 0.822. The van der Waals surface area contributed by atoms with E-state index in [2.05, 4.69) is 13.8 Å². The molecule has 1 atom stereocenters. The highest BCUT2D eigenvalue weighted by Crippen LogP contribution is 2.40. The summed E-state index contributed by atoms with van der Waals surface area (Å²) in [7, 11) is 0. The molecule has 108 valence electrons. The van der Waals surface area contributed by atoms with Gasteiger partial charge in [-0.3, -0.25) is 0 Å². The Balaban J connectivity index is 2.25. The first kappa shape index (κ1) is 14.6. The van der Waals surface area contributed by atoms with Crippen molar-refractivity contribution < 1.29 is 14.6 Å². The smallest absolute Gasteiger partial charge is 0.335 e. The average Bonchev–Trinajstić information content (AvgIpc) is 2.38. The van der Waals surface area contributed by atoms with E-state index in [1.54, 1.807) is 0 Å². The molecule has 1 aromatic carbocycles. The van der Waals surface area contributed by atoms with E-state index >= 15 is 0 Å². The Hall–Kier alpha value is -1.77. The van der Waals surface area contributed by atoms with Crippen molar-refractivity contribution in [1.82, 2.24) is 0 Å². The second kappa shape index (κ2) is 6.12. The van der Waals surface area contributed by atoms with Gasteiger partial charge in [-0.1, -0.05) is 50.6 Å². The van der Waals surface area contributed by atoms with Crippen LogP contribution in [0.4, 0.5) is 0 Å². The fourth-order valence-corrected chi connectivity index (χ4v) is 2.72. The Morgan fingerprint density at radius 1 is 1.30 bits per heavy atom. The zero-order valence-corrected chi connectivity index (χ0v) is 12.1. The van der Waals surface area contributed by atoms with Crippen LogP contribution in [-0.4, -0.2) is 11.1 Å². The van der Waals surface area contributed by atoms with Crippen LogP contribution in [0.2, 0.25) is 0 Å². The van der Waals surface area contributed by atoms with E-state index in [0.717, 1.165) is 24.8 Å². The van der Waals surface area contributed by atoms with E-state index in [1.807, 2.05) is 30.3 Å². The molecule has 1 heterocycles. The van der Waals surface area contributed by atoms with Crippen molar-refractivity contribution in [2.75, 3.05) is 0 Å². The van der Waals surface area contributed by atoms with Gasteiger partial charge < -0.3 is 9.84 Å². The van der Waals surface area contributed by atoms with Gasteiger partial charge >= 0.3 is 5.97 Å². The first-order valence-electron chi connectivity index (χ1n) is 7.20. The maximum absolute atomic E-state index is 11.7. The highest BCUT2D eigenvalue weighted by molar-refractivity contribution is 5.84. The molecule has 1 aliphatic heterocycles. The van der Waals surface area contributed by atoms with E-state index in [1.165, 1.54) is 6.08 Å². The van der Waals surface area contributed by atoms with Gasteiger partial charge in [0.2, 0.25) is 0 Å². The predicted molar refractivity (Wildman–Crippen MR) is 78.2 cm³/mol. The SMILES string of the molecule is CC(C)CCCC1(c2ccccc2)CC(O)=CC(=O)O1. The number of rotatable bonds is 5. The van der Waals surface area contributed by atoms with Crippen LogP contribution in [0.5, 0.6) is 0 Å². The van der Waals surface area contributed by atoms with E-state index in [-0.39, 0.29) is 5.76 Å². The fraction of sp³-hybridized carbons (Fsp3) is 0.471. The summed E-state index contributed by atoms with van der Waals surface area (Å²) in [6.07, 6.45) is 4.31. The molecule has 1 aliphatic rings. The van der Waals surface area contributed by atoms with Crippen molar-refractivity contribution in [2.24, 2.45) is 5.92 Å². The number of esters is 1. The molecule has 0 radical (unpaired) electrons. The lowest BCUT2D eigenvalue weighted by Gasteiger charge is -2.36. The van der Waals surface area contributed by atoms with Gasteiger partial charge in [0, 0.05) is 6.42 Å². The highest BCUT2D eigenvalue weighted by Gasteiger charge is 2.39. The Labute approximate surface area is 120 Å². The third-order valence-electron chi connectivity index (χ3n) is 3.71. The number of cyclic esters (lactones) is 1. The van der Waals surface area contributed by atoms with E-state index < -0.39 is 11.6 Å². The van der Waals surface area contributed by atoms with Crippen molar-refractivity contribution in [3.05, 3.63) is 47.7 Å². The zero-order chi connectivity index (χ0) is 14.6. The van der Waals surface area contributed by atoms with Crippen LogP contribution < -0.4 is 0 Å². The normalized spacial score (nSPS) is 22.6. The number of ether oxygens (including phenoxy) is 1. The van der Waals surface area contributed by atoms with Crippen molar-refractivity contribution in [1.29, 1.82) is 0 Å². The molecule has 0 saturated carbocycles. The number of hydrogen-bond acceptors (Lipinski definition) is 3. The van der Waals surface area contributed by atoms with Crippen molar-refractivity contribution in [3.8, 4) is 0 Å². The highest BCUT2D eigenvalue weighted by atomic mass is 16.6. The summed E-state index contributed by atoms with van der Waals surface area (Å²) >= 11 is 0. The maximum atomic E-state index is 11.7. The third kappa shape index (κ3) is 3.41. The Bertz CT molecular complexity index is 490. The van der Waals surface area contributed by atoms with Crippen molar-refractivity contribution >= 4 is 5.97 Å². The fourth-order valence-electron chi connectivity index (χ4n) is 2.72. The van der Waals surface area contributed by atoms with E-state index in [4.69, 9.17) is 4.74 Å². The summed E-state index contributed by atoms with van der Waals surface area (Å²) < 4.78 is 5.64. The summed E-state index contributed by atoms with van der Waals surface area (Å²) in [5, 5.41) is 9.85. The largest absolute Gasteiger partial charge is 0.512 e. The third-order valence-corrected chi connectivity index (χ3v) is 3.71. The zero-order valence-electron chi connectivity index (χ0n) is 12.1. The minimum Gasteiger partial charge on any atom is -0.512 e. The van der Waals surface area contributed by atoms with Crippen LogP contribution >= 0.6 is 0 Å². The molecule has 3 heteroatoms. The van der Waals surface area contributed by atoms with Gasteiger partial charge in [0.15, 0.2) is 0 Å². The maximum Gasteiger partial charge on any atom is 0.335 e. The monoisotopic (exact) mass is 274 g/mol. The van der Waals surface area contributed by atoms with Crippen LogP contribution in [0, 0.1) is 5.92 Å². The number of aliphatic hydroxyl groups is 1. The molecule has 0 amide bonds. The molecule has 0 bridgehead atoms. The van der Waals surface area contributed by atoms with Gasteiger partial charge in [0.1, 0.15) is 11.4 Å². The van der Waals surface area contributed by atoms with Crippen molar-refractivity contribution in [2.45, 2.75) is 45.1 Å². The molecule has 2 rings (SSSR count). The van der Waals surface area contributed by atoms with Gasteiger partial charge in [0.25, 0.3) is 0 Å². The molecule has 0 saturated heterocycles. The standard InChI is InChI=1S/C17H22O3/c1-13(2)7-6-10-17(14-8-4-3-5-9-14)12-15(18)11-16(19)20-17/h3-5,8-9,11,13,18H,6-7,10,12H2,1-2H3. The molecule has 0 aliphatic carbocycles. The molecule has 0 fully saturated rings. The van der Waals surface area contributed by atoms with E-state index in [0.29, 0.717) is 12.3 Å². The number of benzene rings is 1. The summed E-state index contributed by atoms with van der Waals surface area (Å²) in [6, 6.07) is 9.72. The van der Waals surface area contributed by atoms with Crippen molar-refractivity contribution in [3.63, 3.8) is 0 Å². The lowest BCUT2D eigenvalue weighted by molar-refractivity contribution is -0.159. The number of aliphatic hydroxyl groups excluding tert-OH is 1. The Morgan fingerprint density at radius 3 is 2.60 bits per heavy atom. The lowest BCUT2D eigenvalue weighted by atomic mass is 9.82. The number of carbonyl (C=O) groups is 1. The minimum absolute atomic E-state index is 0.106. The lowest BCUT2D eigenvalue weighted by Crippen LogP contribution is -2.35. The topological polar surface area (TPSA) is 46.5 Å². The molecule has 3 nitrogen and oxygen atoms in total. The summed E-state index contributed by atoms with van der Waals surface area (Å²) in [6.45, 7) is 4.36. The van der Waals surface area contributed by atoms with Gasteiger partial charge in [-0.2, -0.15) is 0 Å². The molecule has 1 aromatic rings. The van der Waals surface area contributed by atoms with Crippen LogP contribution in [0.1, 0.15) is 45.1 Å². The van der Waals surface area contributed by atoms with Crippen LogP contribution in [0.3, 0.4) is 0 Å². The van der Waals surface area contributed by atoms with Gasteiger partial charge in [-0.05, 0) is 24.3 Å². The predicted octanol–water partition coefficient (Wildman–Crippen LogP) is 4.10. The Morgan fingerprint density at radius 2 is 2.00 bits per heavy atom. The molecule has 0 spiro atoms. The van der Waals surface area contributed by atoms with Gasteiger partial charge in [-0.15, -0.1) is 0 Å². The molecule has 20 heavy (non-hydrogen) atoms. The van der Waals surface area contributed by atoms with Crippen LogP contribution in [-0.2, 0) is 15.1 Å². The molecular weight excluding hydrogens is 252 g/mol. The van der Waals surface area contributed by atoms with Crippen LogP contribution in [0.15, 0.2) is 42.2 Å². The molecule has 0 aromatic heterocycles. The molecular formula is C17H22O3. The van der Waals surface area contributed by atoms with Crippen LogP contribution in [0.25, 0.3) is 0 Å². The summed E-state index contributed by atoms with van der Waals surface area (Å²) in [4.78, 5) is 11.7. The Kier molecular flexibility index (Phi) is 4.48. The summed E-state index contributed by atoms with van der Waals surface area (Å²) in [5.74, 6) is 0.267. The average molecular weight is 274 g/mol. The number of carbonyl (C=O) groups excluding carboxylic acids is 1. The second-order valence-corrected chi connectivity index (χ2v) is 5.88.